The average Bonchev–Trinajstić information content (AvgIpc) is 3.05. The molecule has 3 heterocycles. The number of carbonyl (C=O) groups is 1. The lowest BCUT2D eigenvalue weighted by Crippen LogP contribution is -2.36. The predicted molar refractivity (Wildman–Crippen MR) is 84.6 cm³/mol. The average molecular weight is 323 g/mol. The molecule has 0 bridgehead atoms. The molecule has 1 aliphatic rings. The summed E-state index contributed by atoms with van der Waals surface area (Å²) in [7, 11) is 0. The lowest BCUT2D eigenvalue weighted by Gasteiger charge is -2.26. The van der Waals surface area contributed by atoms with Crippen LogP contribution >= 0.6 is 0 Å². The van der Waals surface area contributed by atoms with Crippen LogP contribution in [0.15, 0.2) is 53.3 Å². The highest BCUT2D eigenvalue weighted by Crippen LogP contribution is 2.31. The number of halogens is 1. The Morgan fingerprint density at radius 1 is 1.21 bits per heavy atom. The molecule has 0 fully saturated rings. The van der Waals surface area contributed by atoms with E-state index in [1.165, 1.54) is 12.1 Å². The van der Waals surface area contributed by atoms with Gasteiger partial charge in [0, 0.05) is 36.5 Å². The fraction of sp³-hybridized carbons (Fsp3) is 0.167. The SMILES string of the molecule is O=C(c1cccnc1)N1CCc2noc(-c3ccc(F)cc3)c2C1. The van der Waals surface area contributed by atoms with Crippen molar-refractivity contribution in [1.29, 1.82) is 0 Å². The number of benzene rings is 1. The van der Waals surface area contributed by atoms with Crippen LogP contribution in [0.4, 0.5) is 4.39 Å². The molecule has 0 saturated carbocycles. The zero-order valence-corrected chi connectivity index (χ0v) is 12.8. The Morgan fingerprint density at radius 3 is 2.79 bits per heavy atom. The first-order valence-corrected chi connectivity index (χ1v) is 7.65. The van der Waals surface area contributed by atoms with Crippen LogP contribution in [-0.2, 0) is 13.0 Å². The molecule has 6 heteroatoms. The molecule has 0 atom stereocenters. The van der Waals surface area contributed by atoms with Gasteiger partial charge in [-0.15, -0.1) is 0 Å². The van der Waals surface area contributed by atoms with Gasteiger partial charge in [0.25, 0.3) is 5.91 Å². The molecule has 0 radical (unpaired) electrons. The summed E-state index contributed by atoms with van der Waals surface area (Å²) in [5.41, 5.74) is 3.04. The van der Waals surface area contributed by atoms with Crippen molar-refractivity contribution >= 4 is 5.91 Å². The highest BCUT2D eigenvalue weighted by molar-refractivity contribution is 5.94. The highest BCUT2D eigenvalue weighted by atomic mass is 19.1. The van der Waals surface area contributed by atoms with E-state index < -0.39 is 0 Å². The second kappa shape index (κ2) is 5.88. The van der Waals surface area contributed by atoms with E-state index in [1.807, 2.05) is 0 Å². The number of rotatable bonds is 2. The standard InChI is InChI=1S/C18H14FN3O2/c19-14-5-3-12(4-6-14)17-15-11-22(9-7-16(15)21-24-17)18(23)13-2-1-8-20-10-13/h1-6,8,10H,7,9,11H2. The first kappa shape index (κ1) is 14.6. The highest BCUT2D eigenvalue weighted by Gasteiger charge is 2.28. The minimum absolute atomic E-state index is 0.0694. The number of carbonyl (C=O) groups excluding carboxylic acids is 1. The molecule has 0 saturated heterocycles. The predicted octanol–water partition coefficient (Wildman–Crippen LogP) is 3.07. The summed E-state index contributed by atoms with van der Waals surface area (Å²) in [5.74, 6) is 0.217. The maximum Gasteiger partial charge on any atom is 0.255 e. The Morgan fingerprint density at radius 2 is 2.04 bits per heavy atom. The molecular formula is C18H14FN3O2. The van der Waals surface area contributed by atoms with Crippen molar-refractivity contribution in [3.05, 3.63) is 71.4 Å². The van der Waals surface area contributed by atoms with E-state index in [0.29, 0.717) is 30.8 Å². The Hall–Kier alpha value is -3.02. The fourth-order valence-corrected chi connectivity index (χ4v) is 2.89. The van der Waals surface area contributed by atoms with Gasteiger partial charge in [0.15, 0.2) is 5.76 Å². The van der Waals surface area contributed by atoms with Crippen LogP contribution in [0.25, 0.3) is 11.3 Å². The number of fused-ring (bicyclic) bond motifs is 1. The zero-order chi connectivity index (χ0) is 16.5. The summed E-state index contributed by atoms with van der Waals surface area (Å²) in [6.07, 6.45) is 3.83. The first-order valence-electron chi connectivity index (χ1n) is 7.65. The third-order valence-corrected chi connectivity index (χ3v) is 4.14. The van der Waals surface area contributed by atoms with Crippen molar-refractivity contribution in [2.75, 3.05) is 6.54 Å². The molecule has 1 aromatic carbocycles. The lowest BCUT2D eigenvalue weighted by atomic mass is 10.0. The van der Waals surface area contributed by atoms with Crippen molar-refractivity contribution < 1.29 is 13.7 Å². The summed E-state index contributed by atoms with van der Waals surface area (Å²) in [6.45, 7) is 0.995. The molecule has 1 amide bonds. The van der Waals surface area contributed by atoms with E-state index in [4.69, 9.17) is 4.52 Å². The quantitative estimate of drug-likeness (QED) is 0.727. The van der Waals surface area contributed by atoms with Crippen molar-refractivity contribution in [2.24, 2.45) is 0 Å². The maximum atomic E-state index is 13.1. The number of amides is 1. The van der Waals surface area contributed by atoms with Gasteiger partial charge in [-0.3, -0.25) is 9.78 Å². The molecule has 1 aliphatic heterocycles. The molecule has 0 aliphatic carbocycles. The Balaban J connectivity index is 1.64. The van der Waals surface area contributed by atoms with Crippen molar-refractivity contribution in [2.45, 2.75) is 13.0 Å². The van der Waals surface area contributed by atoms with Gasteiger partial charge in [0.05, 0.1) is 17.8 Å². The van der Waals surface area contributed by atoms with Crippen LogP contribution in [0, 0.1) is 5.82 Å². The molecule has 0 spiro atoms. The maximum absolute atomic E-state index is 13.1. The van der Waals surface area contributed by atoms with Crippen LogP contribution in [0.1, 0.15) is 21.6 Å². The van der Waals surface area contributed by atoms with E-state index in [2.05, 4.69) is 10.1 Å². The summed E-state index contributed by atoms with van der Waals surface area (Å²) in [5, 5.41) is 4.10. The Labute approximate surface area is 137 Å². The molecule has 3 aromatic rings. The monoisotopic (exact) mass is 323 g/mol. The van der Waals surface area contributed by atoms with Gasteiger partial charge in [-0.1, -0.05) is 5.16 Å². The molecule has 0 N–H and O–H groups in total. The van der Waals surface area contributed by atoms with Crippen molar-refractivity contribution in [1.82, 2.24) is 15.0 Å². The van der Waals surface area contributed by atoms with Crippen molar-refractivity contribution in [3.8, 4) is 11.3 Å². The smallest absolute Gasteiger partial charge is 0.255 e. The van der Waals surface area contributed by atoms with Crippen LogP contribution in [0.3, 0.4) is 0 Å². The van der Waals surface area contributed by atoms with E-state index in [0.717, 1.165) is 16.8 Å². The van der Waals surface area contributed by atoms with Gasteiger partial charge in [0.2, 0.25) is 0 Å². The minimum Gasteiger partial charge on any atom is -0.356 e. The molecule has 5 nitrogen and oxygen atoms in total. The van der Waals surface area contributed by atoms with Crippen LogP contribution in [0.5, 0.6) is 0 Å². The summed E-state index contributed by atoms with van der Waals surface area (Å²) in [4.78, 5) is 18.4. The van der Waals surface area contributed by atoms with Crippen molar-refractivity contribution in [3.63, 3.8) is 0 Å². The number of nitrogens with zero attached hydrogens (tertiary/aromatic N) is 3. The summed E-state index contributed by atoms with van der Waals surface area (Å²) < 4.78 is 18.6. The van der Waals surface area contributed by atoms with Gasteiger partial charge in [-0.25, -0.2) is 4.39 Å². The van der Waals surface area contributed by atoms with E-state index in [1.54, 1.807) is 41.6 Å². The molecular weight excluding hydrogens is 309 g/mol. The van der Waals surface area contributed by atoms with Gasteiger partial charge >= 0.3 is 0 Å². The molecule has 4 rings (SSSR count). The second-order valence-electron chi connectivity index (χ2n) is 5.66. The normalized spacial score (nSPS) is 13.6. The third kappa shape index (κ3) is 2.56. The number of pyridine rings is 1. The minimum atomic E-state index is -0.305. The Bertz CT molecular complexity index is 875. The van der Waals surface area contributed by atoms with Gasteiger partial charge in [-0.2, -0.15) is 0 Å². The topological polar surface area (TPSA) is 59.2 Å². The molecule has 2 aromatic heterocycles. The Kier molecular flexibility index (Phi) is 3.57. The van der Waals surface area contributed by atoms with E-state index in [9.17, 15) is 9.18 Å². The van der Waals surface area contributed by atoms with Gasteiger partial charge in [0.1, 0.15) is 5.82 Å². The second-order valence-corrected chi connectivity index (χ2v) is 5.66. The number of aromatic nitrogens is 2. The van der Waals surface area contributed by atoms with Gasteiger partial charge in [-0.05, 0) is 36.4 Å². The van der Waals surface area contributed by atoms with Gasteiger partial charge < -0.3 is 9.42 Å². The van der Waals surface area contributed by atoms with Crippen LogP contribution in [-0.4, -0.2) is 27.5 Å². The first-order chi connectivity index (χ1) is 11.7. The number of hydrogen-bond acceptors (Lipinski definition) is 4. The molecule has 24 heavy (non-hydrogen) atoms. The van der Waals surface area contributed by atoms with E-state index in [-0.39, 0.29) is 11.7 Å². The van der Waals surface area contributed by atoms with E-state index >= 15 is 0 Å². The summed E-state index contributed by atoms with van der Waals surface area (Å²) >= 11 is 0. The number of hydrogen-bond donors (Lipinski definition) is 0. The molecule has 120 valence electrons. The zero-order valence-electron chi connectivity index (χ0n) is 12.8. The lowest BCUT2D eigenvalue weighted by molar-refractivity contribution is 0.0734. The van der Waals surface area contributed by atoms with Crippen LogP contribution in [0.2, 0.25) is 0 Å². The molecule has 0 unspecified atom stereocenters. The third-order valence-electron chi connectivity index (χ3n) is 4.14. The largest absolute Gasteiger partial charge is 0.356 e. The fourth-order valence-electron chi connectivity index (χ4n) is 2.89. The van der Waals surface area contributed by atoms with Crippen LogP contribution < -0.4 is 0 Å². The summed E-state index contributed by atoms with van der Waals surface area (Å²) in [6, 6.07) is 9.55.